The van der Waals surface area contributed by atoms with E-state index in [1.54, 1.807) is 30.2 Å². The maximum atomic E-state index is 5.29. The molecule has 1 aliphatic heterocycles. The van der Waals surface area contributed by atoms with Crippen molar-refractivity contribution in [3.8, 4) is 27.6 Å². The minimum Gasteiger partial charge on any atom is -0.497 e. The van der Waals surface area contributed by atoms with Gasteiger partial charge in [-0.25, -0.2) is 15.0 Å². The van der Waals surface area contributed by atoms with Crippen LogP contribution in [0.2, 0.25) is 0 Å². The molecule has 8 heteroatoms. The van der Waals surface area contributed by atoms with Crippen molar-refractivity contribution in [1.82, 2.24) is 20.3 Å². The molecular formula is C19H21N5OS2. The average Bonchev–Trinajstić information content (AvgIpc) is 3.20. The van der Waals surface area contributed by atoms with E-state index in [2.05, 4.69) is 27.3 Å². The van der Waals surface area contributed by atoms with Gasteiger partial charge in [-0.05, 0) is 36.6 Å². The molecule has 1 fully saturated rings. The second kappa shape index (κ2) is 8.24. The van der Waals surface area contributed by atoms with Crippen LogP contribution in [0.1, 0.15) is 0 Å². The summed E-state index contributed by atoms with van der Waals surface area (Å²) in [6, 6.07) is 10.00. The molecule has 0 bridgehead atoms. The number of aromatic nitrogens is 3. The molecule has 3 aromatic rings. The van der Waals surface area contributed by atoms with Gasteiger partial charge < -0.3 is 15.0 Å². The van der Waals surface area contributed by atoms with Crippen LogP contribution in [0.3, 0.4) is 0 Å². The number of thioether (sulfide) groups is 1. The molecule has 0 radical (unpaired) electrons. The largest absolute Gasteiger partial charge is 0.497 e. The number of piperazine rings is 1. The SMILES string of the molecule is COc1ccc(-c2nc(N3CCNCC3)sc2-c2ccnc(SC)n2)cc1. The van der Waals surface area contributed by atoms with E-state index in [0.29, 0.717) is 0 Å². The molecule has 1 saturated heterocycles. The number of thiazole rings is 1. The van der Waals surface area contributed by atoms with Gasteiger partial charge in [-0.2, -0.15) is 0 Å². The average molecular weight is 400 g/mol. The zero-order valence-electron chi connectivity index (χ0n) is 15.3. The van der Waals surface area contributed by atoms with Gasteiger partial charge in [0, 0.05) is 37.9 Å². The smallest absolute Gasteiger partial charge is 0.187 e. The van der Waals surface area contributed by atoms with E-state index in [-0.39, 0.29) is 0 Å². The first kappa shape index (κ1) is 18.2. The van der Waals surface area contributed by atoms with Crippen LogP contribution in [-0.2, 0) is 0 Å². The number of nitrogens with zero attached hydrogens (tertiary/aromatic N) is 4. The number of benzene rings is 1. The van der Waals surface area contributed by atoms with Crippen LogP contribution >= 0.6 is 23.1 Å². The number of rotatable bonds is 5. The summed E-state index contributed by atoms with van der Waals surface area (Å²) in [4.78, 5) is 17.4. The Morgan fingerprint density at radius 2 is 1.89 bits per heavy atom. The van der Waals surface area contributed by atoms with Gasteiger partial charge in [0.15, 0.2) is 10.3 Å². The zero-order chi connectivity index (χ0) is 18.6. The molecule has 140 valence electrons. The van der Waals surface area contributed by atoms with Crippen LogP contribution in [0.25, 0.3) is 21.8 Å². The Morgan fingerprint density at radius 3 is 2.59 bits per heavy atom. The van der Waals surface area contributed by atoms with Crippen molar-refractivity contribution in [3.05, 3.63) is 36.5 Å². The van der Waals surface area contributed by atoms with Gasteiger partial charge in [0.25, 0.3) is 0 Å². The standard InChI is InChI=1S/C19H21N5OS2/c1-25-14-5-3-13(4-6-14)16-17(15-7-8-21-18(22-15)26-2)27-19(23-16)24-11-9-20-10-12-24/h3-8,20H,9-12H2,1-2H3. The van der Waals surface area contributed by atoms with Crippen LogP contribution in [0.4, 0.5) is 5.13 Å². The fraction of sp³-hybridized carbons (Fsp3) is 0.316. The summed E-state index contributed by atoms with van der Waals surface area (Å²) in [5, 5.41) is 5.21. The Labute approximate surface area is 167 Å². The van der Waals surface area contributed by atoms with Crippen molar-refractivity contribution in [1.29, 1.82) is 0 Å². The minimum atomic E-state index is 0.769. The molecule has 4 rings (SSSR count). The van der Waals surface area contributed by atoms with Gasteiger partial charge in [-0.3, -0.25) is 0 Å². The minimum absolute atomic E-state index is 0.769. The summed E-state index contributed by atoms with van der Waals surface area (Å²) >= 11 is 3.25. The molecule has 0 aliphatic carbocycles. The molecule has 0 saturated carbocycles. The lowest BCUT2D eigenvalue weighted by atomic mass is 10.1. The third kappa shape index (κ3) is 3.92. The highest BCUT2D eigenvalue weighted by molar-refractivity contribution is 7.98. The Morgan fingerprint density at radius 1 is 1.11 bits per heavy atom. The maximum absolute atomic E-state index is 5.29. The Balaban J connectivity index is 1.79. The van der Waals surface area contributed by atoms with Crippen molar-refractivity contribution in [2.24, 2.45) is 0 Å². The fourth-order valence-corrected chi connectivity index (χ4v) is 4.45. The van der Waals surface area contributed by atoms with Gasteiger partial charge >= 0.3 is 0 Å². The summed E-state index contributed by atoms with van der Waals surface area (Å²) in [7, 11) is 1.68. The second-order valence-electron chi connectivity index (χ2n) is 6.07. The Hall–Kier alpha value is -2.16. The maximum Gasteiger partial charge on any atom is 0.187 e. The summed E-state index contributed by atoms with van der Waals surface area (Å²) in [5.74, 6) is 0.838. The first-order valence-electron chi connectivity index (χ1n) is 8.77. The normalized spacial score (nSPS) is 14.4. The number of ether oxygens (including phenoxy) is 1. The van der Waals surface area contributed by atoms with Crippen LogP contribution in [0.15, 0.2) is 41.7 Å². The van der Waals surface area contributed by atoms with Crippen molar-refractivity contribution in [2.45, 2.75) is 5.16 Å². The van der Waals surface area contributed by atoms with Crippen molar-refractivity contribution in [3.63, 3.8) is 0 Å². The number of methoxy groups -OCH3 is 1. The molecular weight excluding hydrogens is 378 g/mol. The molecule has 0 unspecified atom stereocenters. The third-order valence-electron chi connectivity index (χ3n) is 4.42. The molecule has 27 heavy (non-hydrogen) atoms. The topological polar surface area (TPSA) is 63.2 Å². The number of hydrogen-bond acceptors (Lipinski definition) is 8. The highest BCUT2D eigenvalue weighted by atomic mass is 32.2. The first-order chi connectivity index (χ1) is 13.3. The highest BCUT2D eigenvalue weighted by Crippen LogP contribution is 2.40. The summed E-state index contributed by atoms with van der Waals surface area (Å²) in [5.41, 5.74) is 2.94. The van der Waals surface area contributed by atoms with E-state index in [1.165, 1.54) is 0 Å². The molecule has 6 nitrogen and oxygen atoms in total. The number of nitrogens with one attached hydrogen (secondary N) is 1. The molecule has 0 atom stereocenters. The van der Waals surface area contributed by atoms with E-state index in [4.69, 9.17) is 14.7 Å². The summed E-state index contributed by atoms with van der Waals surface area (Å²) in [6.45, 7) is 3.90. The van der Waals surface area contributed by atoms with Gasteiger partial charge in [0.2, 0.25) is 0 Å². The number of anilines is 1. The first-order valence-corrected chi connectivity index (χ1v) is 10.8. The predicted molar refractivity (Wildman–Crippen MR) is 112 cm³/mol. The summed E-state index contributed by atoms with van der Waals surface area (Å²) in [6.07, 6.45) is 3.80. The van der Waals surface area contributed by atoms with E-state index in [0.717, 1.165) is 64.0 Å². The highest BCUT2D eigenvalue weighted by Gasteiger charge is 2.21. The molecule has 1 aliphatic rings. The van der Waals surface area contributed by atoms with Crippen molar-refractivity contribution in [2.75, 3.05) is 44.4 Å². The van der Waals surface area contributed by atoms with E-state index in [1.807, 2.05) is 30.7 Å². The van der Waals surface area contributed by atoms with Crippen LogP contribution in [0.5, 0.6) is 5.75 Å². The number of hydrogen-bond donors (Lipinski definition) is 1. The predicted octanol–water partition coefficient (Wildman–Crippen LogP) is 3.41. The van der Waals surface area contributed by atoms with Crippen LogP contribution in [0, 0.1) is 0 Å². The van der Waals surface area contributed by atoms with Crippen molar-refractivity contribution < 1.29 is 4.74 Å². The monoisotopic (exact) mass is 399 g/mol. The molecule has 2 aromatic heterocycles. The Kier molecular flexibility index (Phi) is 5.56. The lowest BCUT2D eigenvalue weighted by Gasteiger charge is -2.26. The van der Waals surface area contributed by atoms with E-state index in [9.17, 15) is 0 Å². The molecule has 1 aromatic carbocycles. The van der Waals surface area contributed by atoms with Gasteiger partial charge in [-0.1, -0.05) is 23.1 Å². The quantitative estimate of drug-likeness (QED) is 0.521. The lowest BCUT2D eigenvalue weighted by Crippen LogP contribution is -2.43. The second-order valence-corrected chi connectivity index (χ2v) is 7.82. The third-order valence-corrected chi connectivity index (χ3v) is 6.12. The van der Waals surface area contributed by atoms with Gasteiger partial charge in [0.1, 0.15) is 5.75 Å². The van der Waals surface area contributed by atoms with Gasteiger partial charge in [-0.15, -0.1) is 0 Å². The van der Waals surface area contributed by atoms with Crippen molar-refractivity contribution >= 4 is 28.2 Å². The molecule has 3 heterocycles. The molecule has 0 amide bonds. The van der Waals surface area contributed by atoms with Gasteiger partial charge in [0.05, 0.1) is 23.4 Å². The molecule has 1 N–H and O–H groups in total. The zero-order valence-corrected chi connectivity index (χ0v) is 16.9. The van der Waals surface area contributed by atoms with E-state index >= 15 is 0 Å². The lowest BCUT2D eigenvalue weighted by molar-refractivity contribution is 0.415. The van der Waals surface area contributed by atoms with Crippen LogP contribution < -0.4 is 15.0 Å². The fourth-order valence-electron chi connectivity index (χ4n) is 2.98. The van der Waals surface area contributed by atoms with Crippen LogP contribution in [-0.4, -0.2) is 54.5 Å². The molecule has 0 spiro atoms. The Bertz CT molecular complexity index is 907. The van der Waals surface area contributed by atoms with E-state index < -0.39 is 0 Å². The summed E-state index contributed by atoms with van der Waals surface area (Å²) < 4.78 is 5.29.